The minimum atomic E-state index is -0.812. The van der Waals surface area contributed by atoms with E-state index in [1.807, 2.05) is 0 Å². The number of benzene rings is 1. The first-order chi connectivity index (χ1) is 9.56. The molecule has 2 rings (SSSR count). The van der Waals surface area contributed by atoms with Gasteiger partial charge in [0.2, 0.25) is 5.75 Å². The molecule has 0 amide bonds. The summed E-state index contributed by atoms with van der Waals surface area (Å²) in [4.78, 5) is 24.3. The highest BCUT2D eigenvalue weighted by atomic mass is 16.6. The van der Waals surface area contributed by atoms with E-state index in [2.05, 4.69) is 4.98 Å². The molecule has 20 heavy (non-hydrogen) atoms. The minimum Gasteiger partial charge on any atom is -0.470 e. The first kappa shape index (κ1) is 13.2. The SMILES string of the molecule is N#CCOc1c([N+](=O)[O-])cc([N+](=O)[O-])c2cccnc12. The van der Waals surface area contributed by atoms with E-state index in [9.17, 15) is 20.2 Å². The van der Waals surface area contributed by atoms with E-state index in [1.165, 1.54) is 18.3 Å². The van der Waals surface area contributed by atoms with Crippen LogP contribution in [0.25, 0.3) is 10.9 Å². The molecule has 1 aromatic heterocycles. The highest BCUT2D eigenvalue weighted by Gasteiger charge is 2.27. The molecule has 0 aliphatic heterocycles. The summed E-state index contributed by atoms with van der Waals surface area (Å²) in [6.07, 6.45) is 1.33. The minimum absolute atomic E-state index is 0.0244. The van der Waals surface area contributed by atoms with Crippen LogP contribution in [0.4, 0.5) is 11.4 Å². The summed E-state index contributed by atoms with van der Waals surface area (Å²) in [5.41, 5.74) is -1.06. The van der Waals surface area contributed by atoms with Crippen molar-refractivity contribution in [1.82, 2.24) is 4.98 Å². The van der Waals surface area contributed by atoms with Crippen LogP contribution in [0.15, 0.2) is 24.4 Å². The van der Waals surface area contributed by atoms with Gasteiger partial charge in [-0.25, -0.2) is 0 Å². The number of fused-ring (bicyclic) bond motifs is 1. The fourth-order valence-electron chi connectivity index (χ4n) is 1.72. The Morgan fingerprint density at radius 2 is 2.00 bits per heavy atom. The van der Waals surface area contributed by atoms with Crippen molar-refractivity contribution in [3.63, 3.8) is 0 Å². The van der Waals surface area contributed by atoms with Crippen LogP contribution in [0.2, 0.25) is 0 Å². The van der Waals surface area contributed by atoms with Gasteiger partial charge in [-0.2, -0.15) is 5.26 Å². The van der Waals surface area contributed by atoms with Crippen molar-refractivity contribution < 1.29 is 14.6 Å². The largest absolute Gasteiger partial charge is 0.470 e. The fraction of sp³-hybridized carbons (Fsp3) is 0.0909. The lowest BCUT2D eigenvalue weighted by Gasteiger charge is -2.06. The van der Waals surface area contributed by atoms with Crippen LogP contribution in [0, 0.1) is 31.6 Å². The summed E-state index contributed by atoms with van der Waals surface area (Å²) >= 11 is 0. The van der Waals surface area contributed by atoms with E-state index in [4.69, 9.17) is 10.00 Å². The number of non-ortho nitro benzene ring substituents is 1. The van der Waals surface area contributed by atoms with Crippen LogP contribution in [0.3, 0.4) is 0 Å². The molecule has 0 atom stereocenters. The molecule has 0 aliphatic rings. The number of nitrogens with zero attached hydrogens (tertiary/aromatic N) is 4. The Labute approximate surface area is 111 Å². The van der Waals surface area contributed by atoms with Gasteiger partial charge in [0.15, 0.2) is 6.61 Å². The lowest BCUT2D eigenvalue weighted by Crippen LogP contribution is -2.02. The van der Waals surface area contributed by atoms with Crippen molar-refractivity contribution in [2.75, 3.05) is 6.61 Å². The smallest absolute Gasteiger partial charge is 0.320 e. The van der Waals surface area contributed by atoms with Crippen LogP contribution < -0.4 is 4.74 Å². The maximum Gasteiger partial charge on any atom is 0.320 e. The first-order valence-electron chi connectivity index (χ1n) is 5.26. The Hall–Kier alpha value is -3.28. The van der Waals surface area contributed by atoms with Gasteiger partial charge in [-0.15, -0.1) is 0 Å². The topological polar surface area (TPSA) is 132 Å². The molecule has 0 N–H and O–H groups in total. The van der Waals surface area contributed by atoms with E-state index in [-0.39, 0.29) is 16.7 Å². The van der Waals surface area contributed by atoms with Crippen molar-refractivity contribution in [2.24, 2.45) is 0 Å². The lowest BCUT2D eigenvalue weighted by atomic mass is 10.1. The summed E-state index contributed by atoms with van der Waals surface area (Å²) < 4.78 is 5.01. The molecule has 0 fully saturated rings. The van der Waals surface area contributed by atoms with Crippen molar-refractivity contribution >= 4 is 22.3 Å². The van der Waals surface area contributed by atoms with Gasteiger partial charge in [0, 0.05) is 6.20 Å². The average molecular weight is 274 g/mol. The second kappa shape index (κ2) is 5.15. The summed E-state index contributed by atoms with van der Waals surface area (Å²) in [6.45, 7) is -0.426. The van der Waals surface area contributed by atoms with Crippen LogP contribution in [0.5, 0.6) is 5.75 Å². The van der Waals surface area contributed by atoms with E-state index >= 15 is 0 Å². The molecule has 0 saturated carbocycles. The lowest BCUT2D eigenvalue weighted by molar-refractivity contribution is -0.393. The van der Waals surface area contributed by atoms with Crippen LogP contribution >= 0.6 is 0 Å². The third kappa shape index (κ3) is 2.17. The quantitative estimate of drug-likeness (QED) is 0.614. The highest BCUT2D eigenvalue weighted by Crippen LogP contribution is 2.39. The number of hydrogen-bond donors (Lipinski definition) is 0. The molecule has 0 saturated heterocycles. The third-order valence-electron chi connectivity index (χ3n) is 2.48. The number of nitro benzene ring substituents is 2. The van der Waals surface area contributed by atoms with Gasteiger partial charge < -0.3 is 4.74 Å². The standard InChI is InChI=1S/C11H6N4O5/c12-3-5-20-11-9(15(18)19)6-8(14(16)17)7-2-1-4-13-10(7)11/h1-2,4,6H,5H2. The molecule has 0 unspecified atom stereocenters. The normalized spacial score (nSPS) is 9.95. The Morgan fingerprint density at radius 3 is 2.60 bits per heavy atom. The van der Waals surface area contributed by atoms with Crippen molar-refractivity contribution in [3.8, 4) is 11.8 Å². The zero-order chi connectivity index (χ0) is 14.7. The van der Waals surface area contributed by atoms with Crippen LogP contribution in [-0.4, -0.2) is 21.4 Å². The predicted octanol–water partition coefficient (Wildman–Crippen LogP) is 1.95. The van der Waals surface area contributed by atoms with E-state index in [1.54, 1.807) is 6.07 Å². The molecule has 0 bridgehead atoms. The number of hydrogen-bond acceptors (Lipinski definition) is 7. The Bertz CT molecular complexity index is 752. The van der Waals surface area contributed by atoms with E-state index in [0.717, 1.165) is 6.07 Å². The van der Waals surface area contributed by atoms with Gasteiger partial charge in [0.1, 0.15) is 11.6 Å². The average Bonchev–Trinajstić information content (AvgIpc) is 2.43. The summed E-state index contributed by atoms with van der Waals surface area (Å²) in [6, 6.07) is 5.35. The molecular formula is C11H6N4O5. The molecule has 1 heterocycles. The zero-order valence-electron chi connectivity index (χ0n) is 9.85. The molecule has 1 aromatic carbocycles. The molecule has 0 aliphatic carbocycles. The van der Waals surface area contributed by atoms with Gasteiger partial charge in [0.25, 0.3) is 5.69 Å². The Balaban J connectivity index is 2.84. The zero-order valence-corrected chi connectivity index (χ0v) is 9.85. The second-order valence-corrected chi connectivity index (χ2v) is 3.60. The summed E-state index contributed by atoms with van der Waals surface area (Å²) in [5.74, 6) is -0.252. The van der Waals surface area contributed by atoms with Crippen molar-refractivity contribution in [3.05, 3.63) is 44.6 Å². The third-order valence-corrected chi connectivity index (χ3v) is 2.48. The van der Waals surface area contributed by atoms with Gasteiger partial charge in [-0.3, -0.25) is 25.2 Å². The fourth-order valence-corrected chi connectivity index (χ4v) is 1.72. The molecule has 100 valence electrons. The number of nitro groups is 2. The summed E-state index contributed by atoms with van der Waals surface area (Å²) in [7, 11) is 0. The number of aromatic nitrogens is 1. The maximum atomic E-state index is 11.0. The number of pyridine rings is 1. The Kier molecular flexibility index (Phi) is 3.39. The van der Waals surface area contributed by atoms with E-state index in [0.29, 0.717) is 0 Å². The molecule has 0 spiro atoms. The van der Waals surface area contributed by atoms with Gasteiger partial charge in [0.05, 0.1) is 21.3 Å². The second-order valence-electron chi connectivity index (χ2n) is 3.60. The molecule has 9 nitrogen and oxygen atoms in total. The maximum absolute atomic E-state index is 11.0. The van der Waals surface area contributed by atoms with Gasteiger partial charge in [-0.1, -0.05) is 0 Å². The molecular weight excluding hydrogens is 268 g/mol. The van der Waals surface area contributed by atoms with Crippen molar-refractivity contribution in [1.29, 1.82) is 5.26 Å². The van der Waals surface area contributed by atoms with E-state index < -0.39 is 27.8 Å². The molecule has 0 radical (unpaired) electrons. The van der Waals surface area contributed by atoms with Gasteiger partial charge >= 0.3 is 5.69 Å². The molecule has 2 aromatic rings. The van der Waals surface area contributed by atoms with Crippen LogP contribution in [-0.2, 0) is 0 Å². The van der Waals surface area contributed by atoms with Crippen molar-refractivity contribution in [2.45, 2.75) is 0 Å². The van der Waals surface area contributed by atoms with Gasteiger partial charge in [-0.05, 0) is 12.1 Å². The molecule has 9 heteroatoms. The predicted molar refractivity (Wildman–Crippen MR) is 66.2 cm³/mol. The summed E-state index contributed by atoms with van der Waals surface area (Å²) in [5, 5.41) is 30.6. The number of ether oxygens (including phenoxy) is 1. The van der Waals surface area contributed by atoms with Crippen LogP contribution in [0.1, 0.15) is 0 Å². The monoisotopic (exact) mass is 274 g/mol. The number of rotatable bonds is 4. The first-order valence-corrected chi connectivity index (χ1v) is 5.26. The highest BCUT2D eigenvalue weighted by molar-refractivity contribution is 5.95. The Morgan fingerprint density at radius 1 is 1.30 bits per heavy atom. The number of nitriles is 1.